The van der Waals surface area contributed by atoms with Gasteiger partial charge in [0.05, 0.1) is 0 Å². The van der Waals surface area contributed by atoms with Gasteiger partial charge in [0.1, 0.15) is 0 Å². The van der Waals surface area contributed by atoms with Crippen LogP contribution in [0, 0.1) is 31.0 Å². The van der Waals surface area contributed by atoms with Crippen molar-refractivity contribution in [2.45, 2.75) is 0 Å². The molecule has 88 valence electrons. The highest BCUT2D eigenvalue weighted by Gasteiger charge is 1.91. The summed E-state index contributed by atoms with van der Waals surface area (Å²) in [5, 5.41) is 34.3. The summed E-state index contributed by atoms with van der Waals surface area (Å²) >= 11 is 0. The van der Waals surface area contributed by atoms with Crippen molar-refractivity contribution in [2.75, 3.05) is 0 Å². The highest BCUT2D eigenvalue weighted by Crippen LogP contribution is 1.50. The number of hydrazine groups is 1. The highest BCUT2D eigenvalue weighted by atomic mass is 16.9. The fourth-order valence-corrected chi connectivity index (χ4v) is 0.0983. The van der Waals surface area contributed by atoms with Crippen molar-refractivity contribution >= 4 is 11.9 Å². The number of nitro groups is 1. The van der Waals surface area contributed by atoms with E-state index in [1.807, 2.05) is 0 Å². The lowest BCUT2D eigenvalue weighted by Crippen LogP contribution is -2.34. The minimum atomic E-state index is -1.50. The predicted octanol–water partition coefficient (Wildman–Crippen LogP) is -2.85. The summed E-state index contributed by atoms with van der Waals surface area (Å²) in [4.78, 5) is 17.6. The molecule has 0 unspecified atom stereocenters. The Kier molecular flexibility index (Phi) is 13.4. The van der Waals surface area contributed by atoms with Crippen LogP contribution in [-0.2, 0) is 0 Å². The lowest BCUT2D eigenvalue weighted by molar-refractivity contribution is -0.742. The van der Waals surface area contributed by atoms with E-state index >= 15 is 0 Å². The smallest absolute Gasteiger partial charge is 0.291 e. The Balaban J connectivity index is -0.000000155. The maximum absolute atomic E-state index is 9.28. The first kappa shape index (κ1) is 18.0. The molecule has 0 saturated heterocycles. The second kappa shape index (κ2) is 11.1. The summed E-state index contributed by atoms with van der Waals surface area (Å²) < 4.78 is 0. The van der Waals surface area contributed by atoms with Crippen molar-refractivity contribution in [1.82, 2.24) is 5.43 Å². The molecule has 0 atom stereocenters. The van der Waals surface area contributed by atoms with E-state index in [0.717, 1.165) is 0 Å². The first-order valence-corrected chi connectivity index (χ1v) is 2.77. The van der Waals surface area contributed by atoms with Gasteiger partial charge in [-0.15, -0.1) is 10.1 Å². The van der Waals surface area contributed by atoms with Crippen LogP contribution in [0.25, 0.3) is 0 Å². The molecule has 0 aromatic rings. The van der Waals surface area contributed by atoms with Crippen molar-refractivity contribution in [3.63, 3.8) is 0 Å². The third kappa shape index (κ3) is 716. The zero-order valence-electron chi connectivity index (χ0n) is 7.21. The van der Waals surface area contributed by atoms with Crippen molar-refractivity contribution < 1.29 is 15.3 Å². The van der Waals surface area contributed by atoms with Gasteiger partial charge in [-0.3, -0.25) is 10.8 Å². The zero-order chi connectivity index (χ0) is 13.0. The van der Waals surface area contributed by atoms with Crippen LogP contribution >= 0.6 is 0 Å². The van der Waals surface area contributed by atoms with Gasteiger partial charge in [0.25, 0.3) is 5.09 Å². The molecule has 0 rings (SSSR count). The highest BCUT2D eigenvalue weighted by molar-refractivity contribution is 5.72. The fraction of sp³-hybridized carbons (Fsp3) is 0. The minimum Gasteiger partial charge on any atom is -0.370 e. The van der Waals surface area contributed by atoms with E-state index in [4.69, 9.17) is 26.1 Å². The molecule has 0 saturated carbocycles. The van der Waals surface area contributed by atoms with Crippen LogP contribution in [0.5, 0.6) is 0 Å². The van der Waals surface area contributed by atoms with Crippen molar-refractivity contribution in [3.8, 4) is 0 Å². The number of nitrogens with zero attached hydrogens (tertiary/aromatic N) is 2. The second-order valence-corrected chi connectivity index (χ2v) is 1.48. The second-order valence-electron chi connectivity index (χ2n) is 1.48. The van der Waals surface area contributed by atoms with E-state index < -0.39 is 16.1 Å². The summed E-state index contributed by atoms with van der Waals surface area (Å²) in [5.41, 5.74) is 14.9. The summed E-state index contributed by atoms with van der Waals surface area (Å²) in [7, 11) is 0. The molecule has 15 heavy (non-hydrogen) atoms. The first-order chi connectivity index (χ1) is 6.59. The summed E-state index contributed by atoms with van der Waals surface area (Å²) in [6.07, 6.45) is 0. The lowest BCUT2D eigenvalue weighted by atomic mass is 11.1. The van der Waals surface area contributed by atoms with Gasteiger partial charge in [0.2, 0.25) is 5.96 Å². The van der Waals surface area contributed by atoms with Crippen LogP contribution in [0.1, 0.15) is 0 Å². The van der Waals surface area contributed by atoms with Gasteiger partial charge in [-0.25, -0.2) is 10.1 Å². The molecule has 0 bridgehead atoms. The number of guanidine groups is 2. The Labute approximate surface area is 82.1 Å². The monoisotopic (exact) mass is 226 g/mol. The molecule has 0 aliphatic heterocycles. The van der Waals surface area contributed by atoms with Crippen LogP contribution in [0.2, 0.25) is 0 Å². The van der Waals surface area contributed by atoms with E-state index in [9.17, 15) is 10.1 Å². The van der Waals surface area contributed by atoms with Gasteiger partial charge in [-0.05, 0) is 0 Å². The molecule has 13 nitrogen and oxygen atoms in total. The van der Waals surface area contributed by atoms with Crippen molar-refractivity contribution in [1.29, 1.82) is 10.8 Å². The van der Waals surface area contributed by atoms with Gasteiger partial charge < -0.3 is 22.4 Å². The molecule has 0 aromatic heterocycles. The molecular formula is C2H10N8O5. The number of nitrogens with one attached hydrogen (secondary N) is 3. The van der Waals surface area contributed by atoms with Gasteiger partial charge in [-0.2, -0.15) is 0 Å². The average Bonchev–Trinajstić information content (AvgIpc) is 1.78. The first-order valence-electron chi connectivity index (χ1n) is 2.77. The van der Waals surface area contributed by atoms with Gasteiger partial charge in [0, 0.05) is 0 Å². The van der Waals surface area contributed by atoms with Gasteiger partial charge in [0.15, 0.2) is 11.0 Å². The lowest BCUT2D eigenvalue weighted by Gasteiger charge is -1.86. The number of rotatable bonds is 1. The van der Waals surface area contributed by atoms with E-state index in [1.54, 1.807) is 0 Å². The van der Waals surface area contributed by atoms with Crippen LogP contribution < -0.4 is 22.6 Å². The third-order valence-corrected chi connectivity index (χ3v) is 0.212. The SMILES string of the molecule is N=C(N)N.N=C(N)N[N+](=O)[O-].O=[N+]([O-])O. The van der Waals surface area contributed by atoms with Gasteiger partial charge in [-0.1, -0.05) is 5.43 Å². The standard InChI is InChI=1S/CH4N4O2.CH5N3.HNO3/c2-1(3)4-5(6)7;2*2-1(3)4/h(H4,2,3,4);(H5,2,3,4);(H,2,3,4). The van der Waals surface area contributed by atoms with Crippen LogP contribution in [0.4, 0.5) is 0 Å². The fourth-order valence-electron chi connectivity index (χ4n) is 0.0983. The zero-order valence-corrected chi connectivity index (χ0v) is 7.21. The average molecular weight is 226 g/mol. The number of nitrogens with two attached hydrogens (primary N) is 3. The molecule has 13 heteroatoms. The van der Waals surface area contributed by atoms with Crippen molar-refractivity contribution in [2.24, 2.45) is 17.2 Å². The summed E-state index contributed by atoms with van der Waals surface area (Å²) in [5.74, 6) is -0.995. The van der Waals surface area contributed by atoms with E-state index in [-0.39, 0.29) is 5.96 Å². The van der Waals surface area contributed by atoms with E-state index in [1.165, 1.54) is 5.43 Å². The molecule has 0 aliphatic rings. The minimum absolute atomic E-state index is 0.333. The third-order valence-electron chi connectivity index (χ3n) is 0.212. The van der Waals surface area contributed by atoms with Crippen LogP contribution in [-0.4, -0.2) is 27.2 Å². The maximum Gasteiger partial charge on any atom is 0.291 e. The molecule has 0 aromatic carbocycles. The van der Waals surface area contributed by atoms with E-state index in [0.29, 0.717) is 0 Å². The molecule has 0 fully saturated rings. The molecule has 0 spiro atoms. The largest absolute Gasteiger partial charge is 0.370 e. The maximum atomic E-state index is 9.28. The predicted molar refractivity (Wildman–Crippen MR) is 46.9 cm³/mol. The Morgan fingerprint density at radius 1 is 1.20 bits per heavy atom. The normalized spacial score (nSPS) is 6.67. The molecular weight excluding hydrogens is 216 g/mol. The van der Waals surface area contributed by atoms with Gasteiger partial charge >= 0.3 is 0 Å². The number of hydrogen-bond acceptors (Lipinski definition) is 6. The quantitative estimate of drug-likeness (QED) is 0.105. The Hall–Kier alpha value is -2.86. The summed E-state index contributed by atoms with van der Waals surface area (Å²) in [6, 6.07) is 0. The molecule has 10 N–H and O–H groups in total. The Morgan fingerprint density at radius 3 is 1.40 bits per heavy atom. The van der Waals surface area contributed by atoms with Crippen LogP contribution in [0.3, 0.4) is 0 Å². The van der Waals surface area contributed by atoms with Crippen LogP contribution in [0.15, 0.2) is 0 Å². The molecule has 0 amide bonds. The molecule has 0 radical (unpaired) electrons. The molecule has 0 heterocycles. The Bertz CT molecular complexity index is 205. The van der Waals surface area contributed by atoms with Crippen molar-refractivity contribution in [3.05, 3.63) is 20.2 Å². The number of hydrogen-bond donors (Lipinski definition) is 7. The van der Waals surface area contributed by atoms with E-state index in [2.05, 4.69) is 17.2 Å². The molecule has 0 aliphatic carbocycles. The topological polar surface area (TPSA) is 244 Å². The Morgan fingerprint density at radius 2 is 1.40 bits per heavy atom. The summed E-state index contributed by atoms with van der Waals surface area (Å²) in [6.45, 7) is 0.